The second kappa shape index (κ2) is 8.64. The zero-order valence-corrected chi connectivity index (χ0v) is 18.5. The lowest BCUT2D eigenvalue weighted by atomic mass is 10.1. The summed E-state index contributed by atoms with van der Waals surface area (Å²) in [5.41, 5.74) is 1.57. The number of carbonyl (C=O) groups is 2. The number of rotatable bonds is 5. The molecule has 0 bridgehead atoms. The van der Waals surface area contributed by atoms with Crippen LogP contribution in [0.15, 0.2) is 65.6 Å². The standard InChI is InChI=1S/C24H18N2O4S2/c27-22(25-18-7-3-5-16-4-1-2-6-17(16)18)10-11-26-23(28)21(32-24(26)31)13-15-8-9-19-20(12-15)30-14-29-19/h1-9,12-13H,10-11,14H2,(H,25,27)/b21-13-. The zero-order chi connectivity index (χ0) is 22.1. The molecule has 0 saturated carbocycles. The first-order chi connectivity index (χ1) is 15.6. The van der Waals surface area contributed by atoms with Gasteiger partial charge in [-0.3, -0.25) is 14.5 Å². The van der Waals surface area contributed by atoms with Crippen LogP contribution >= 0.6 is 24.0 Å². The van der Waals surface area contributed by atoms with E-state index in [2.05, 4.69) is 5.32 Å². The van der Waals surface area contributed by atoms with E-state index in [1.54, 1.807) is 6.08 Å². The van der Waals surface area contributed by atoms with Crippen LogP contribution in [0.1, 0.15) is 12.0 Å². The summed E-state index contributed by atoms with van der Waals surface area (Å²) in [6, 6.07) is 19.1. The Morgan fingerprint density at radius 1 is 1.09 bits per heavy atom. The fraction of sp³-hybridized carbons (Fsp3) is 0.125. The number of carbonyl (C=O) groups excluding carboxylic acids is 2. The van der Waals surface area contributed by atoms with E-state index in [9.17, 15) is 9.59 Å². The minimum atomic E-state index is -0.198. The Kier molecular flexibility index (Phi) is 5.55. The molecule has 2 aliphatic heterocycles. The fourth-order valence-corrected chi connectivity index (χ4v) is 4.92. The first-order valence-electron chi connectivity index (χ1n) is 10.0. The third kappa shape index (κ3) is 4.06. The molecule has 1 fully saturated rings. The summed E-state index contributed by atoms with van der Waals surface area (Å²) in [6.07, 6.45) is 1.92. The van der Waals surface area contributed by atoms with E-state index in [4.69, 9.17) is 21.7 Å². The van der Waals surface area contributed by atoms with Gasteiger partial charge in [0, 0.05) is 24.0 Å². The van der Waals surface area contributed by atoms with Crippen LogP contribution in [0.2, 0.25) is 0 Å². The Balaban J connectivity index is 1.24. The fourth-order valence-electron chi connectivity index (χ4n) is 3.61. The van der Waals surface area contributed by atoms with Gasteiger partial charge in [0.1, 0.15) is 4.32 Å². The van der Waals surface area contributed by atoms with Gasteiger partial charge in [0.05, 0.1) is 4.91 Å². The molecule has 0 atom stereocenters. The molecule has 3 aromatic rings. The molecule has 1 saturated heterocycles. The molecule has 0 aliphatic carbocycles. The summed E-state index contributed by atoms with van der Waals surface area (Å²) in [5, 5.41) is 4.97. The number of nitrogens with zero attached hydrogens (tertiary/aromatic N) is 1. The number of ether oxygens (including phenoxy) is 2. The molecule has 5 rings (SSSR count). The van der Waals surface area contributed by atoms with Crippen molar-refractivity contribution in [3.05, 3.63) is 71.1 Å². The van der Waals surface area contributed by atoms with Crippen LogP contribution in [-0.4, -0.2) is 34.4 Å². The van der Waals surface area contributed by atoms with Gasteiger partial charge in [-0.25, -0.2) is 0 Å². The van der Waals surface area contributed by atoms with Gasteiger partial charge >= 0.3 is 0 Å². The lowest BCUT2D eigenvalue weighted by molar-refractivity contribution is -0.122. The number of amides is 2. The predicted molar refractivity (Wildman–Crippen MR) is 130 cm³/mol. The minimum absolute atomic E-state index is 0.146. The van der Waals surface area contributed by atoms with Crippen LogP contribution in [0, 0.1) is 0 Å². The molecular formula is C24H18N2O4S2. The largest absolute Gasteiger partial charge is 0.454 e. The van der Waals surface area contributed by atoms with Crippen molar-refractivity contribution < 1.29 is 19.1 Å². The van der Waals surface area contributed by atoms with Gasteiger partial charge in [-0.2, -0.15) is 0 Å². The molecule has 0 spiro atoms. The molecule has 0 radical (unpaired) electrons. The third-order valence-electron chi connectivity index (χ3n) is 5.19. The molecule has 2 aliphatic rings. The lowest BCUT2D eigenvalue weighted by Crippen LogP contribution is -2.31. The molecule has 6 nitrogen and oxygen atoms in total. The quantitative estimate of drug-likeness (QED) is 0.434. The van der Waals surface area contributed by atoms with Crippen LogP contribution in [0.4, 0.5) is 5.69 Å². The Bertz CT molecular complexity index is 1280. The number of fused-ring (bicyclic) bond motifs is 2. The van der Waals surface area contributed by atoms with Gasteiger partial charge in [0.2, 0.25) is 12.7 Å². The van der Waals surface area contributed by atoms with Gasteiger partial charge in [-0.1, -0.05) is 66.4 Å². The first-order valence-corrected chi connectivity index (χ1v) is 11.2. The van der Waals surface area contributed by atoms with Crippen molar-refractivity contribution in [1.82, 2.24) is 4.90 Å². The minimum Gasteiger partial charge on any atom is -0.454 e. The molecular weight excluding hydrogens is 444 g/mol. The highest BCUT2D eigenvalue weighted by molar-refractivity contribution is 8.26. The van der Waals surface area contributed by atoms with Crippen molar-refractivity contribution >= 4 is 62.7 Å². The molecule has 8 heteroatoms. The third-order valence-corrected chi connectivity index (χ3v) is 6.57. The maximum Gasteiger partial charge on any atom is 0.266 e. The zero-order valence-electron chi connectivity index (χ0n) is 16.9. The van der Waals surface area contributed by atoms with Crippen molar-refractivity contribution in [2.75, 3.05) is 18.7 Å². The van der Waals surface area contributed by atoms with Crippen molar-refractivity contribution in [2.24, 2.45) is 0 Å². The second-order valence-electron chi connectivity index (χ2n) is 7.27. The molecule has 0 unspecified atom stereocenters. The SMILES string of the molecule is O=C(CCN1C(=O)/C(=C/c2ccc3c(c2)OCO3)SC1=S)Nc1cccc2ccccc12. The van der Waals surface area contributed by atoms with E-state index >= 15 is 0 Å². The Morgan fingerprint density at radius 2 is 1.91 bits per heavy atom. The van der Waals surface area contributed by atoms with Crippen LogP contribution < -0.4 is 14.8 Å². The lowest BCUT2D eigenvalue weighted by Gasteiger charge is -2.14. The van der Waals surface area contributed by atoms with Gasteiger partial charge < -0.3 is 14.8 Å². The van der Waals surface area contributed by atoms with Gasteiger partial charge in [0.25, 0.3) is 5.91 Å². The highest BCUT2D eigenvalue weighted by Gasteiger charge is 2.32. The van der Waals surface area contributed by atoms with Crippen LogP contribution in [0.3, 0.4) is 0 Å². The van der Waals surface area contributed by atoms with Gasteiger partial charge in [-0.15, -0.1) is 0 Å². The molecule has 0 aromatic heterocycles. The van der Waals surface area contributed by atoms with Crippen molar-refractivity contribution in [2.45, 2.75) is 6.42 Å². The Morgan fingerprint density at radius 3 is 2.81 bits per heavy atom. The van der Waals surface area contributed by atoms with Crippen molar-refractivity contribution in [1.29, 1.82) is 0 Å². The van der Waals surface area contributed by atoms with Gasteiger partial charge in [0.15, 0.2) is 11.5 Å². The maximum atomic E-state index is 12.9. The number of anilines is 1. The van der Waals surface area contributed by atoms with E-state index in [0.717, 1.165) is 22.0 Å². The molecule has 160 valence electrons. The average molecular weight is 463 g/mol. The number of thioether (sulfide) groups is 1. The monoisotopic (exact) mass is 462 g/mol. The highest BCUT2D eigenvalue weighted by atomic mass is 32.2. The van der Waals surface area contributed by atoms with E-state index in [1.165, 1.54) is 16.7 Å². The smallest absolute Gasteiger partial charge is 0.266 e. The maximum absolute atomic E-state index is 12.9. The number of benzene rings is 3. The summed E-state index contributed by atoms with van der Waals surface area (Å²) in [4.78, 5) is 27.4. The van der Waals surface area contributed by atoms with E-state index in [0.29, 0.717) is 20.7 Å². The predicted octanol–water partition coefficient (Wildman–Crippen LogP) is 4.80. The Hall–Kier alpha value is -3.36. The Labute approximate surface area is 194 Å². The molecule has 32 heavy (non-hydrogen) atoms. The number of thiocarbonyl (C=S) groups is 1. The first kappa shape index (κ1) is 20.5. The highest BCUT2D eigenvalue weighted by Crippen LogP contribution is 2.36. The number of hydrogen-bond acceptors (Lipinski definition) is 6. The van der Waals surface area contributed by atoms with Crippen molar-refractivity contribution in [3.8, 4) is 11.5 Å². The van der Waals surface area contributed by atoms with Crippen molar-refractivity contribution in [3.63, 3.8) is 0 Å². The molecule has 1 N–H and O–H groups in total. The average Bonchev–Trinajstić information content (AvgIpc) is 3.36. The van der Waals surface area contributed by atoms with Gasteiger partial charge in [-0.05, 0) is 35.2 Å². The second-order valence-corrected chi connectivity index (χ2v) is 8.95. The van der Waals surface area contributed by atoms with Crippen LogP contribution in [-0.2, 0) is 9.59 Å². The molecule has 3 aromatic carbocycles. The summed E-state index contributed by atoms with van der Waals surface area (Å²) < 4.78 is 11.2. The number of hydrogen-bond donors (Lipinski definition) is 1. The summed E-state index contributed by atoms with van der Waals surface area (Å²) in [5.74, 6) is 0.969. The van der Waals surface area contributed by atoms with Crippen LogP contribution in [0.25, 0.3) is 16.8 Å². The molecule has 2 amide bonds. The summed E-state index contributed by atoms with van der Waals surface area (Å²) >= 11 is 6.62. The summed E-state index contributed by atoms with van der Waals surface area (Å²) in [6.45, 7) is 0.418. The summed E-state index contributed by atoms with van der Waals surface area (Å²) in [7, 11) is 0. The normalized spacial score (nSPS) is 16.2. The van der Waals surface area contributed by atoms with E-state index < -0.39 is 0 Å². The topological polar surface area (TPSA) is 67.9 Å². The number of nitrogens with one attached hydrogen (secondary N) is 1. The van der Waals surface area contributed by atoms with Crippen LogP contribution in [0.5, 0.6) is 11.5 Å². The molecule has 2 heterocycles. The van der Waals surface area contributed by atoms with E-state index in [-0.39, 0.29) is 31.6 Å². The van der Waals surface area contributed by atoms with E-state index in [1.807, 2.05) is 60.7 Å².